The maximum Gasteiger partial charge on any atom is 0.326 e. The number of amides is 3. The highest BCUT2D eigenvalue weighted by atomic mass is 16.4. The minimum absolute atomic E-state index is 0.123. The van der Waals surface area contributed by atoms with Crippen LogP contribution in [0.15, 0.2) is 0 Å². The molecule has 31 heavy (non-hydrogen) atoms. The lowest BCUT2D eigenvalue weighted by molar-refractivity contribution is -0.143. The van der Waals surface area contributed by atoms with Crippen LogP contribution in [0.1, 0.15) is 38.5 Å². The van der Waals surface area contributed by atoms with Crippen molar-refractivity contribution >= 4 is 35.6 Å². The summed E-state index contributed by atoms with van der Waals surface area (Å²) in [6, 6.07) is -3.83. The van der Waals surface area contributed by atoms with E-state index in [9.17, 15) is 28.8 Å². The summed E-state index contributed by atoms with van der Waals surface area (Å²) < 4.78 is 0. The quantitative estimate of drug-likeness (QED) is 0.0747. The number of carbonyl (C=O) groups excluding carboxylic acids is 3. The molecule has 0 aliphatic rings. The smallest absolute Gasteiger partial charge is 0.326 e. The maximum atomic E-state index is 11.9. The standard InChI is InChI=1S/C15H27N7O9/c16-10(23)4-1-7(13(26)27)18-11(24)5-3-9(15(30)31)20-22-21-12(25)6-2-8(19-17)14(28)29/h7-9,19-20,22H,1-6,17H2,(H2,16,23)(H,18,24)(H,21,25)(H,26,27)(H,28,29)(H,30,31). The Morgan fingerprint density at radius 2 is 1.19 bits per heavy atom. The van der Waals surface area contributed by atoms with Crippen molar-refractivity contribution in [2.45, 2.75) is 56.7 Å². The molecule has 0 aromatic carbocycles. The molecule has 0 aromatic heterocycles. The Bertz CT molecular complexity index is 673. The molecule has 16 nitrogen and oxygen atoms in total. The Morgan fingerprint density at radius 1 is 0.710 bits per heavy atom. The summed E-state index contributed by atoms with van der Waals surface area (Å²) >= 11 is 0. The number of nitrogens with one attached hydrogen (secondary N) is 5. The second-order valence-electron chi connectivity index (χ2n) is 6.31. The lowest BCUT2D eigenvalue weighted by Gasteiger charge is -2.17. The molecule has 176 valence electrons. The van der Waals surface area contributed by atoms with Gasteiger partial charge in [-0.3, -0.25) is 35.2 Å². The topological polar surface area (TPSA) is 275 Å². The summed E-state index contributed by atoms with van der Waals surface area (Å²) in [4.78, 5) is 67.3. The van der Waals surface area contributed by atoms with Crippen LogP contribution in [-0.2, 0) is 28.8 Å². The van der Waals surface area contributed by atoms with Crippen molar-refractivity contribution in [1.29, 1.82) is 0 Å². The Balaban J connectivity index is 4.42. The molecular formula is C15H27N7O9. The fraction of sp³-hybridized carbons (Fsp3) is 0.600. The van der Waals surface area contributed by atoms with E-state index in [0.717, 1.165) is 0 Å². The van der Waals surface area contributed by atoms with Crippen LogP contribution in [0.5, 0.6) is 0 Å². The second-order valence-corrected chi connectivity index (χ2v) is 6.31. The monoisotopic (exact) mass is 449 g/mol. The summed E-state index contributed by atoms with van der Waals surface area (Å²) in [5.74, 6) is -1.11. The third-order valence-corrected chi connectivity index (χ3v) is 3.88. The molecule has 3 amide bonds. The van der Waals surface area contributed by atoms with Gasteiger partial charge in [-0.05, 0) is 19.3 Å². The Hall–Kier alpha value is -3.34. The first-order valence-corrected chi connectivity index (χ1v) is 8.99. The zero-order valence-electron chi connectivity index (χ0n) is 16.4. The molecule has 0 heterocycles. The fourth-order valence-electron chi connectivity index (χ4n) is 2.15. The van der Waals surface area contributed by atoms with Gasteiger partial charge in [-0.2, -0.15) is 5.53 Å². The number of hydrogen-bond acceptors (Lipinski definition) is 10. The second kappa shape index (κ2) is 14.6. The van der Waals surface area contributed by atoms with Gasteiger partial charge < -0.3 is 26.4 Å². The van der Waals surface area contributed by atoms with E-state index in [1.54, 1.807) is 0 Å². The molecule has 0 aliphatic heterocycles. The van der Waals surface area contributed by atoms with Crippen LogP contribution in [0, 0.1) is 0 Å². The summed E-state index contributed by atoms with van der Waals surface area (Å²) in [5.41, 5.74) is 13.5. The van der Waals surface area contributed by atoms with Gasteiger partial charge in [-0.25, -0.2) is 15.6 Å². The molecule has 0 aromatic rings. The molecule has 0 radical (unpaired) electrons. The fourth-order valence-corrected chi connectivity index (χ4v) is 2.15. The van der Waals surface area contributed by atoms with Crippen LogP contribution in [0.25, 0.3) is 0 Å². The van der Waals surface area contributed by atoms with Gasteiger partial charge in [-0.15, -0.1) is 0 Å². The number of aliphatic carboxylic acids is 3. The van der Waals surface area contributed by atoms with Crippen molar-refractivity contribution < 1.29 is 44.1 Å². The van der Waals surface area contributed by atoms with Crippen LogP contribution in [0.2, 0.25) is 0 Å². The molecule has 0 aliphatic carbocycles. The lowest BCUT2D eigenvalue weighted by atomic mass is 10.1. The van der Waals surface area contributed by atoms with E-state index in [1.165, 1.54) is 0 Å². The molecule has 0 spiro atoms. The van der Waals surface area contributed by atoms with Crippen LogP contribution in [0.3, 0.4) is 0 Å². The van der Waals surface area contributed by atoms with Crippen molar-refractivity contribution in [3.05, 3.63) is 0 Å². The predicted octanol–water partition coefficient (Wildman–Crippen LogP) is -4.12. The van der Waals surface area contributed by atoms with Gasteiger partial charge in [0.1, 0.15) is 18.1 Å². The first kappa shape index (κ1) is 27.7. The average Bonchev–Trinajstić information content (AvgIpc) is 2.67. The highest BCUT2D eigenvalue weighted by Crippen LogP contribution is 2.02. The number of carboxylic acid groups (broad SMARTS) is 3. The van der Waals surface area contributed by atoms with E-state index in [2.05, 4.69) is 21.7 Å². The predicted molar refractivity (Wildman–Crippen MR) is 101 cm³/mol. The number of rotatable bonds is 17. The molecular weight excluding hydrogens is 422 g/mol. The Labute approximate surface area is 176 Å². The molecule has 0 saturated carbocycles. The molecule has 0 fully saturated rings. The Kier molecular flexibility index (Phi) is 13.0. The summed E-state index contributed by atoms with van der Waals surface area (Å²) in [7, 11) is 0. The van der Waals surface area contributed by atoms with Gasteiger partial charge in [0, 0.05) is 19.3 Å². The number of carboxylic acids is 3. The lowest BCUT2D eigenvalue weighted by Crippen LogP contribution is -2.54. The van der Waals surface area contributed by atoms with E-state index >= 15 is 0 Å². The first-order valence-electron chi connectivity index (χ1n) is 8.99. The first-order chi connectivity index (χ1) is 14.5. The average molecular weight is 449 g/mol. The minimum Gasteiger partial charge on any atom is -0.480 e. The largest absolute Gasteiger partial charge is 0.480 e. The molecule has 0 saturated heterocycles. The summed E-state index contributed by atoms with van der Waals surface area (Å²) in [6.07, 6.45) is -1.48. The number of hydrazine groups is 3. The highest BCUT2D eigenvalue weighted by Gasteiger charge is 2.23. The zero-order chi connectivity index (χ0) is 24.0. The minimum atomic E-state index is -1.37. The van der Waals surface area contributed by atoms with Crippen molar-refractivity contribution in [1.82, 2.24) is 27.1 Å². The van der Waals surface area contributed by atoms with Gasteiger partial charge in [0.15, 0.2) is 0 Å². The van der Waals surface area contributed by atoms with Crippen molar-refractivity contribution in [3.63, 3.8) is 0 Å². The van der Waals surface area contributed by atoms with Gasteiger partial charge in [0.25, 0.3) is 0 Å². The number of hydrogen-bond donors (Lipinski definition) is 10. The van der Waals surface area contributed by atoms with Crippen LogP contribution < -0.4 is 38.7 Å². The van der Waals surface area contributed by atoms with Gasteiger partial charge in [0.05, 0.1) is 0 Å². The van der Waals surface area contributed by atoms with Crippen LogP contribution in [-0.4, -0.2) is 69.1 Å². The zero-order valence-corrected chi connectivity index (χ0v) is 16.4. The molecule has 3 unspecified atom stereocenters. The molecule has 16 heteroatoms. The SMILES string of the molecule is NNC(CCC(=O)NNNC(CCC(=O)NC(CCC(N)=O)C(=O)O)C(=O)O)C(=O)O. The van der Waals surface area contributed by atoms with Crippen molar-refractivity contribution in [2.75, 3.05) is 0 Å². The normalized spacial score (nSPS) is 13.5. The maximum absolute atomic E-state index is 11.9. The van der Waals surface area contributed by atoms with Crippen LogP contribution in [0.4, 0.5) is 0 Å². The highest BCUT2D eigenvalue weighted by molar-refractivity contribution is 5.85. The molecule has 3 atom stereocenters. The van der Waals surface area contributed by atoms with Crippen LogP contribution >= 0.6 is 0 Å². The van der Waals surface area contributed by atoms with Gasteiger partial charge in [0.2, 0.25) is 17.7 Å². The van der Waals surface area contributed by atoms with E-state index in [0.29, 0.717) is 0 Å². The van der Waals surface area contributed by atoms with E-state index < -0.39 is 53.8 Å². The molecule has 0 rings (SSSR count). The van der Waals surface area contributed by atoms with Crippen molar-refractivity contribution in [2.24, 2.45) is 11.6 Å². The number of nitrogens with two attached hydrogens (primary N) is 2. The number of carbonyl (C=O) groups is 6. The summed E-state index contributed by atoms with van der Waals surface area (Å²) in [6.45, 7) is 0. The number of primary amides is 1. The van der Waals surface area contributed by atoms with Gasteiger partial charge in [-0.1, -0.05) is 0 Å². The molecule has 12 N–H and O–H groups in total. The Morgan fingerprint density at radius 3 is 1.68 bits per heavy atom. The van der Waals surface area contributed by atoms with E-state index in [-0.39, 0.29) is 38.5 Å². The van der Waals surface area contributed by atoms with Gasteiger partial charge >= 0.3 is 17.9 Å². The summed E-state index contributed by atoms with van der Waals surface area (Å²) in [5, 5.41) is 29.1. The van der Waals surface area contributed by atoms with Crippen molar-refractivity contribution in [3.8, 4) is 0 Å². The van der Waals surface area contributed by atoms with E-state index in [4.69, 9.17) is 26.9 Å². The third kappa shape index (κ3) is 12.7. The van der Waals surface area contributed by atoms with E-state index in [1.807, 2.05) is 5.43 Å². The molecule has 0 bridgehead atoms. The third-order valence-electron chi connectivity index (χ3n) is 3.88.